The predicted molar refractivity (Wildman–Crippen MR) is 98.9 cm³/mol. The summed E-state index contributed by atoms with van der Waals surface area (Å²) in [6.07, 6.45) is 2.88. The quantitative estimate of drug-likeness (QED) is 0.804. The number of piperidine rings is 1. The second-order valence-electron chi connectivity index (χ2n) is 6.68. The van der Waals surface area contributed by atoms with E-state index in [0.29, 0.717) is 6.04 Å². The number of nitrogens with one attached hydrogen (secondary N) is 1. The van der Waals surface area contributed by atoms with Gasteiger partial charge in [0.1, 0.15) is 0 Å². The first-order valence-corrected chi connectivity index (χ1v) is 9.09. The lowest BCUT2D eigenvalue weighted by molar-refractivity contribution is -0.136. The number of carbonyl (C=O) groups is 1. The van der Waals surface area contributed by atoms with Gasteiger partial charge in [-0.1, -0.05) is 19.1 Å². The molecule has 1 atom stereocenters. The molecule has 7 heteroatoms. The van der Waals surface area contributed by atoms with Gasteiger partial charge in [0.2, 0.25) is 0 Å². The Morgan fingerprint density at radius 2 is 2.04 bits per heavy atom. The van der Waals surface area contributed by atoms with Crippen LogP contribution in [-0.2, 0) is 6.18 Å². The van der Waals surface area contributed by atoms with Crippen molar-refractivity contribution in [2.45, 2.75) is 44.8 Å². The van der Waals surface area contributed by atoms with Gasteiger partial charge in [0.15, 0.2) is 0 Å². The zero-order valence-electron chi connectivity index (χ0n) is 15.1. The molecular formula is C20H22F3N3O. The summed E-state index contributed by atoms with van der Waals surface area (Å²) >= 11 is 0. The molecule has 0 radical (unpaired) electrons. The van der Waals surface area contributed by atoms with E-state index in [4.69, 9.17) is 0 Å². The average molecular weight is 377 g/mol. The molecule has 2 heterocycles. The number of para-hydroxylation sites is 1. The molecule has 27 heavy (non-hydrogen) atoms. The molecule has 2 aromatic rings. The lowest BCUT2D eigenvalue weighted by Crippen LogP contribution is -2.39. The first-order chi connectivity index (χ1) is 12.9. The molecule has 1 aromatic heterocycles. The van der Waals surface area contributed by atoms with Gasteiger partial charge >= 0.3 is 6.18 Å². The maximum atomic E-state index is 13.1. The number of rotatable bonds is 4. The maximum Gasteiger partial charge on any atom is 0.418 e. The van der Waals surface area contributed by atoms with Crippen LogP contribution in [0.5, 0.6) is 0 Å². The topological polar surface area (TPSA) is 45.2 Å². The van der Waals surface area contributed by atoms with Crippen molar-refractivity contribution in [3.63, 3.8) is 0 Å². The fraction of sp³-hybridized carbons (Fsp3) is 0.400. The van der Waals surface area contributed by atoms with Crippen LogP contribution in [0.2, 0.25) is 0 Å². The molecule has 1 aromatic carbocycles. The van der Waals surface area contributed by atoms with Gasteiger partial charge in [-0.15, -0.1) is 0 Å². The molecule has 144 valence electrons. The van der Waals surface area contributed by atoms with Crippen molar-refractivity contribution in [2.24, 2.45) is 0 Å². The molecule has 1 saturated heterocycles. The number of alkyl halides is 3. The van der Waals surface area contributed by atoms with Crippen molar-refractivity contribution < 1.29 is 18.0 Å². The molecule has 0 spiro atoms. The lowest BCUT2D eigenvalue weighted by Gasteiger charge is -2.37. The van der Waals surface area contributed by atoms with Crippen LogP contribution in [0.4, 0.5) is 24.5 Å². The highest BCUT2D eigenvalue weighted by Gasteiger charge is 2.33. The molecule has 4 nitrogen and oxygen atoms in total. The van der Waals surface area contributed by atoms with E-state index in [1.165, 1.54) is 30.8 Å². The van der Waals surface area contributed by atoms with E-state index in [1.807, 2.05) is 0 Å². The molecule has 1 N–H and O–H groups in total. The van der Waals surface area contributed by atoms with Crippen LogP contribution >= 0.6 is 0 Å². The average Bonchev–Trinajstić information content (AvgIpc) is 2.67. The molecule has 1 fully saturated rings. The SMILES string of the molecule is CCC1CCCCN1c1cncc(C(=O)Nc2ccccc2C(F)(F)F)c1. The Morgan fingerprint density at radius 3 is 2.78 bits per heavy atom. The zero-order chi connectivity index (χ0) is 19.4. The third-order valence-electron chi connectivity index (χ3n) is 4.90. The fourth-order valence-corrected chi connectivity index (χ4v) is 3.51. The van der Waals surface area contributed by atoms with Crippen LogP contribution in [0, 0.1) is 0 Å². The smallest absolute Gasteiger partial charge is 0.367 e. The van der Waals surface area contributed by atoms with Crippen molar-refractivity contribution in [1.82, 2.24) is 4.98 Å². The molecule has 3 rings (SSSR count). The number of halogens is 3. The van der Waals surface area contributed by atoms with Gasteiger partial charge in [-0.05, 0) is 43.9 Å². The lowest BCUT2D eigenvalue weighted by atomic mass is 9.99. The number of nitrogens with zero attached hydrogens (tertiary/aromatic N) is 2. The minimum atomic E-state index is -4.54. The van der Waals surface area contributed by atoms with Gasteiger partial charge in [0.25, 0.3) is 5.91 Å². The second kappa shape index (κ2) is 7.98. The van der Waals surface area contributed by atoms with Gasteiger partial charge in [-0.3, -0.25) is 9.78 Å². The first-order valence-electron chi connectivity index (χ1n) is 9.09. The third-order valence-corrected chi connectivity index (χ3v) is 4.90. The zero-order valence-corrected chi connectivity index (χ0v) is 15.1. The van der Waals surface area contributed by atoms with Crippen LogP contribution in [0.1, 0.15) is 48.5 Å². The summed E-state index contributed by atoms with van der Waals surface area (Å²) < 4.78 is 39.4. The summed E-state index contributed by atoms with van der Waals surface area (Å²) in [6.45, 7) is 3.02. The number of hydrogen-bond donors (Lipinski definition) is 1. The molecule has 1 aliphatic heterocycles. The predicted octanol–water partition coefficient (Wildman–Crippen LogP) is 5.12. The highest BCUT2D eigenvalue weighted by atomic mass is 19.4. The largest absolute Gasteiger partial charge is 0.418 e. The van der Waals surface area contributed by atoms with Crippen LogP contribution in [0.3, 0.4) is 0 Å². The number of pyridine rings is 1. The number of carbonyl (C=O) groups excluding carboxylic acids is 1. The van der Waals surface area contributed by atoms with E-state index in [2.05, 4.69) is 22.1 Å². The van der Waals surface area contributed by atoms with Gasteiger partial charge in [0, 0.05) is 18.8 Å². The van der Waals surface area contributed by atoms with Crippen LogP contribution < -0.4 is 10.2 Å². The van der Waals surface area contributed by atoms with Gasteiger partial charge in [0.05, 0.1) is 28.7 Å². The number of aromatic nitrogens is 1. The van der Waals surface area contributed by atoms with E-state index >= 15 is 0 Å². The van der Waals surface area contributed by atoms with Crippen LogP contribution in [0.15, 0.2) is 42.7 Å². The molecule has 1 unspecified atom stereocenters. The summed E-state index contributed by atoms with van der Waals surface area (Å²) in [7, 11) is 0. The summed E-state index contributed by atoms with van der Waals surface area (Å²) in [6, 6.07) is 7.04. The van der Waals surface area contributed by atoms with Crippen molar-refractivity contribution >= 4 is 17.3 Å². The summed E-state index contributed by atoms with van der Waals surface area (Å²) in [4.78, 5) is 18.9. The number of benzene rings is 1. The molecule has 1 amide bonds. The standard InChI is InChI=1S/C20H22F3N3O/c1-2-15-7-5-6-10-26(15)16-11-14(12-24-13-16)19(27)25-18-9-4-3-8-17(18)20(21,22)23/h3-4,8-9,11-13,15H,2,5-7,10H2,1H3,(H,25,27). The van der Waals surface area contributed by atoms with Crippen molar-refractivity contribution in [2.75, 3.05) is 16.8 Å². The number of anilines is 2. The Kier molecular flexibility index (Phi) is 5.68. The Morgan fingerprint density at radius 1 is 1.26 bits per heavy atom. The molecule has 0 saturated carbocycles. The van der Waals surface area contributed by atoms with Crippen molar-refractivity contribution in [3.8, 4) is 0 Å². The molecule has 0 aliphatic carbocycles. The molecule has 1 aliphatic rings. The van der Waals surface area contributed by atoms with E-state index in [1.54, 1.807) is 12.3 Å². The maximum absolute atomic E-state index is 13.1. The van der Waals surface area contributed by atoms with E-state index in [9.17, 15) is 18.0 Å². The minimum Gasteiger partial charge on any atom is -0.367 e. The van der Waals surface area contributed by atoms with Crippen molar-refractivity contribution in [3.05, 3.63) is 53.9 Å². The summed E-state index contributed by atoms with van der Waals surface area (Å²) in [5.41, 5.74) is -0.0578. The van der Waals surface area contributed by atoms with E-state index in [-0.39, 0.29) is 11.3 Å². The molecule has 0 bridgehead atoms. The summed E-state index contributed by atoms with van der Waals surface area (Å²) in [5, 5.41) is 2.37. The number of hydrogen-bond acceptors (Lipinski definition) is 3. The Bertz CT molecular complexity index is 807. The normalized spacial score (nSPS) is 17.6. The Hall–Kier alpha value is -2.57. The van der Waals surface area contributed by atoms with Crippen LogP contribution in [0.25, 0.3) is 0 Å². The highest BCUT2D eigenvalue weighted by molar-refractivity contribution is 6.05. The monoisotopic (exact) mass is 377 g/mol. The van der Waals surface area contributed by atoms with E-state index in [0.717, 1.165) is 37.6 Å². The summed E-state index contributed by atoms with van der Waals surface area (Å²) in [5.74, 6) is -0.605. The van der Waals surface area contributed by atoms with Gasteiger partial charge in [-0.25, -0.2) is 0 Å². The Labute approximate surface area is 156 Å². The molecular weight excluding hydrogens is 355 g/mol. The third kappa shape index (κ3) is 4.40. The second-order valence-corrected chi connectivity index (χ2v) is 6.68. The highest BCUT2D eigenvalue weighted by Crippen LogP contribution is 2.35. The van der Waals surface area contributed by atoms with Gasteiger partial charge in [-0.2, -0.15) is 13.2 Å². The van der Waals surface area contributed by atoms with Crippen LogP contribution in [-0.4, -0.2) is 23.5 Å². The Balaban J connectivity index is 1.83. The minimum absolute atomic E-state index is 0.241. The number of amides is 1. The first kappa shape index (κ1) is 19.2. The van der Waals surface area contributed by atoms with Gasteiger partial charge < -0.3 is 10.2 Å². The van der Waals surface area contributed by atoms with E-state index < -0.39 is 17.6 Å². The van der Waals surface area contributed by atoms with Crippen molar-refractivity contribution in [1.29, 1.82) is 0 Å². The fourth-order valence-electron chi connectivity index (χ4n) is 3.51.